The van der Waals surface area contributed by atoms with Gasteiger partial charge < -0.3 is 9.32 Å². The molecule has 0 saturated carbocycles. The second-order valence-electron chi connectivity index (χ2n) is 18.3. The third-order valence-corrected chi connectivity index (χ3v) is 15.6. The van der Waals surface area contributed by atoms with Crippen LogP contribution in [0.5, 0.6) is 0 Å². The van der Waals surface area contributed by atoms with E-state index in [4.69, 9.17) is 4.42 Å². The Bertz CT molecular complexity index is 4280. The summed E-state index contributed by atoms with van der Waals surface area (Å²) in [7, 11) is 0. The van der Waals surface area contributed by atoms with Gasteiger partial charge in [0.15, 0.2) is 5.58 Å². The van der Waals surface area contributed by atoms with Crippen LogP contribution in [0.4, 0.5) is 17.1 Å². The summed E-state index contributed by atoms with van der Waals surface area (Å²) in [5.74, 6) is 0. The van der Waals surface area contributed by atoms with E-state index in [1.165, 1.54) is 96.3 Å². The van der Waals surface area contributed by atoms with Gasteiger partial charge in [-0.05, 0) is 131 Å². The molecule has 1 aliphatic carbocycles. The van der Waals surface area contributed by atoms with E-state index in [2.05, 4.69) is 231 Å². The van der Waals surface area contributed by atoms with Gasteiger partial charge in [0.1, 0.15) is 5.58 Å². The Morgan fingerprint density at radius 3 is 1.59 bits per heavy atom. The minimum atomic E-state index is -0.177. The van der Waals surface area contributed by atoms with Crippen molar-refractivity contribution >= 4 is 124 Å². The molecule has 2 heterocycles. The molecule has 0 N–H and O–H groups in total. The van der Waals surface area contributed by atoms with E-state index in [-0.39, 0.29) is 5.41 Å². The molecule has 0 radical (unpaired) electrons. The van der Waals surface area contributed by atoms with Crippen molar-refractivity contribution in [2.45, 2.75) is 19.3 Å². The van der Waals surface area contributed by atoms with Gasteiger partial charge in [-0.15, -0.1) is 11.3 Å². The Labute approximate surface area is 385 Å². The fourth-order valence-corrected chi connectivity index (χ4v) is 12.5. The summed E-state index contributed by atoms with van der Waals surface area (Å²) in [4.78, 5) is 2.44. The van der Waals surface area contributed by atoms with Crippen molar-refractivity contribution in [1.29, 1.82) is 0 Å². The number of benzene rings is 10. The molecule has 11 aromatic carbocycles. The number of fused-ring (bicyclic) bond motifs is 19. The summed E-state index contributed by atoms with van der Waals surface area (Å²) in [6, 6.07) is 78.8. The maximum Gasteiger partial charge on any atom is 0.159 e. The number of anilines is 3. The molecule has 2 aromatic heterocycles. The summed E-state index contributed by atoms with van der Waals surface area (Å²) in [5.41, 5.74) is 10.0. The van der Waals surface area contributed by atoms with Crippen molar-refractivity contribution in [1.82, 2.24) is 0 Å². The molecule has 0 atom stereocenters. The molecule has 0 aliphatic heterocycles. The van der Waals surface area contributed by atoms with Gasteiger partial charge in [0.2, 0.25) is 0 Å². The zero-order valence-electron chi connectivity index (χ0n) is 36.5. The van der Waals surface area contributed by atoms with Gasteiger partial charge in [0.25, 0.3) is 0 Å². The maximum atomic E-state index is 6.88. The third kappa shape index (κ3) is 5.35. The molecule has 0 bridgehead atoms. The first kappa shape index (κ1) is 37.4. The molecule has 0 unspecified atom stereocenters. The molecule has 14 rings (SSSR count). The molecular formula is C63H41NOS. The van der Waals surface area contributed by atoms with E-state index in [0.717, 1.165) is 39.0 Å². The molecular weight excluding hydrogens is 819 g/mol. The average Bonchev–Trinajstić information content (AvgIpc) is 4.01. The second kappa shape index (κ2) is 14.0. The lowest BCUT2D eigenvalue weighted by Gasteiger charge is -2.28. The van der Waals surface area contributed by atoms with E-state index < -0.39 is 0 Å². The van der Waals surface area contributed by atoms with Gasteiger partial charge in [-0.3, -0.25) is 0 Å². The highest BCUT2D eigenvalue weighted by molar-refractivity contribution is 7.25. The van der Waals surface area contributed by atoms with Crippen molar-refractivity contribution in [2.75, 3.05) is 4.90 Å². The minimum Gasteiger partial charge on any atom is -0.454 e. The van der Waals surface area contributed by atoms with E-state index >= 15 is 0 Å². The van der Waals surface area contributed by atoms with Gasteiger partial charge in [0, 0.05) is 47.7 Å². The lowest BCUT2D eigenvalue weighted by Crippen LogP contribution is -2.16. The highest BCUT2D eigenvalue weighted by atomic mass is 32.1. The topological polar surface area (TPSA) is 16.4 Å². The highest BCUT2D eigenvalue weighted by Gasteiger charge is 2.36. The number of nitrogens with zero attached hydrogens (tertiary/aromatic N) is 1. The summed E-state index contributed by atoms with van der Waals surface area (Å²) in [6.45, 7) is 4.73. The Morgan fingerprint density at radius 2 is 0.864 bits per heavy atom. The predicted molar refractivity (Wildman–Crippen MR) is 284 cm³/mol. The maximum absolute atomic E-state index is 6.88. The number of hydrogen-bond donors (Lipinski definition) is 0. The molecule has 13 aromatic rings. The molecule has 310 valence electrons. The van der Waals surface area contributed by atoms with Crippen molar-refractivity contribution < 1.29 is 4.42 Å². The molecule has 1 aliphatic rings. The summed E-state index contributed by atoms with van der Waals surface area (Å²) < 4.78 is 9.46. The van der Waals surface area contributed by atoms with Gasteiger partial charge in [0.05, 0.1) is 5.69 Å². The first-order valence-corrected chi connectivity index (χ1v) is 23.6. The molecule has 0 fully saturated rings. The van der Waals surface area contributed by atoms with Crippen molar-refractivity contribution in [3.05, 3.63) is 223 Å². The van der Waals surface area contributed by atoms with Crippen molar-refractivity contribution in [2.24, 2.45) is 0 Å². The summed E-state index contributed by atoms with van der Waals surface area (Å²) >= 11 is 1.88. The Hall–Kier alpha value is -7.98. The van der Waals surface area contributed by atoms with E-state index in [1.807, 2.05) is 11.3 Å². The molecule has 0 amide bonds. The summed E-state index contributed by atoms with van der Waals surface area (Å²) in [6.07, 6.45) is 0. The van der Waals surface area contributed by atoms with Gasteiger partial charge in [-0.25, -0.2) is 0 Å². The van der Waals surface area contributed by atoms with Crippen LogP contribution in [0.2, 0.25) is 0 Å². The highest BCUT2D eigenvalue weighted by Crippen LogP contribution is 2.52. The number of hydrogen-bond acceptors (Lipinski definition) is 3. The van der Waals surface area contributed by atoms with E-state index in [9.17, 15) is 0 Å². The summed E-state index contributed by atoms with van der Waals surface area (Å²) in [5, 5.41) is 16.9. The standard InChI is InChI=1S/C63H41NOS/c1-63(2)56-26-12-9-22-47(56)48-33-31-39(35-57(48)63)64(58-27-15-25-51-49-23-10-13-28-59(49)65-62(51)58)38-30-32-46-44-20-6-5-18-42(44)40-16-3-4-17-41(40)43-19-7-8-21-45(43)53-36-55-50-24-11-14-29-60(50)66-61(55)37-54(53)52(46)34-38/h3-37H,1-2H3. The average molecular weight is 860 g/mol. The van der Waals surface area contributed by atoms with Crippen LogP contribution in [0.15, 0.2) is 217 Å². The Balaban J connectivity index is 1.17. The third-order valence-electron chi connectivity index (χ3n) is 14.5. The molecule has 0 saturated heterocycles. The predicted octanol–water partition coefficient (Wildman–Crippen LogP) is 18.6. The Kier molecular flexibility index (Phi) is 7.94. The smallest absolute Gasteiger partial charge is 0.159 e. The first-order valence-electron chi connectivity index (χ1n) is 22.8. The zero-order chi connectivity index (χ0) is 43.7. The van der Waals surface area contributed by atoms with Crippen LogP contribution in [0, 0.1) is 0 Å². The van der Waals surface area contributed by atoms with Crippen LogP contribution in [0.1, 0.15) is 25.0 Å². The van der Waals surface area contributed by atoms with Crippen molar-refractivity contribution in [3.63, 3.8) is 0 Å². The lowest BCUT2D eigenvalue weighted by atomic mass is 9.82. The van der Waals surface area contributed by atoms with Gasteiger partial charge in [-0.2, -0.15) is 0 Å². The quantitative estimate of drug-likeness (QED) is 0.176. The van der Waals surface area contributed by atoms with Gasteiger partial charge in [-0.1, -0.05) is 172 Å². The Morgan fingerprint density at radius 1 is 0.348 bits per heavy atom. The molecule has 66 heavy (non-hydrogen) atoms. The zero-order valence-corrected chi connectivity index (χ0v) is 37.3. The van der Waals surface area contributed by atoms with Crippen LogP contribution in [0.25, 0.3) is 107 Å². The van der Waals surface area contributed by atoms with Crippen LogP contribution in [0.3, 0.4) is 0 Å². The molecule has 3 heteroatoms. The van der Waals surface area contributed by atoms with Crippen LogP contribution >= 0.6 is 11.3 Å². The minimum absolute atomic E-state index is 0.177. The molecule has 0 spiro atoms. The largest absolute Gasteiger partial charge is 0.454 e. The van der Waals surface area contributed by atoms with Gasteiger partial charge >= 0.3 is 0 Å². The number of furan rings is 1. The normalized spacial score (nSPS) is 13.1. The monoisotopic (exact) mass is 859 g/mol. The van der Waals surface area contributed by atoms with Crippen LogP contribution < -0.4 is 4.90 Å². The fourth-order valence-electron chi connectivity index (χ4n) is 11.4. The van der Waals surface area contributed by atoms with Crippen LogP contribution in [-0.2, 0) is 5.41 Å². The van der Waals surface area contributed by atoms with E-state index in [1.54, 1.807) is 0 Å². The number of rotatable bonds is 3. The van der Waals surface area contributed by atoms with Crippen molar-refractivity contribution in [3.8, 4) is 11.1 Å². The lowest BCUT2D eigenvalue weighted by molar-refractivity contribution is 0.660. The first-order chi connectivity index (χ1) is 32.5. The van der Waals surface area contributed by atoms with E-state index in [0.29, 0.717) is 0 Å². The van der Waals surface area contributed by atoms with Crippen LogP contribution in [-0.4, -0.2) is 0 Å². The number of para-hydroxylation sites is 2. The number of thiophene rings is 1. The fraction of sp³-hybridized carbons (Fsp3) is 0.0476. The molecule has 2 nitrogen and oxygen atoms in total. The second-order valence-corrected chi connectivity index (χ2v) is 19.4. The SMILES string of the molecule is CC1(C)c2ccccc2-c2ccc(N(c3ccc4c5ccccc5c5ccccc5c5ccccc5c5cc6c(cc5c4c3)sc3ccccc36)c3cccc4c3oc3ccccc34)cc21.